The maximum atomic E-state index is 4.28. The smallest absolute Gasteiger partial charge is 0.0758 e. The van der Waals surface area contributed by atoms with Crippen LogP contribution in [0.25, 0.3) is 0 Å². The third-order valence-corrected chi connectivity index (χ3v) is 4.75. The molecule has 0 radical (unpaired) electrons. The molecule has 0 bridgehead atoms. The fourth-order valence-corrected chi connectivity index (χ4v) is 3.32. The first-order chi connectivity index (χ1) is 7.72. The normalized spacial score (nSPS) is 25.7. The fraction of sp³-hybridized carbons (Fsp3) is 0.750. The van der Waals surface area contributed by atoms with E-state index in [0.717, 1.165) is 5.25 Å². The SMILES string of the molecule is CSC1CCCCC1Nc1cnn(C)c1C. The van der Waals surface area contributed by atoms with E-state index in [2.05, 4.69) is 23.6 Å². The van der Waals surface area contributed by atoms with Crippen molar-refractivity contribution >= 4 is 17.4 Å². The zero-order valence-electron chi connectivity index (χ0n) is 10.4. The lowest BCUT2D eigenvalue weighted by atomic mass is 9.94. The Morgan fingerprint density at radius 3 is 2.81 bits per heavy atom. The molecule has 1 fully saturated rings. The van der Waals surface area contributed by atoms with Gasteiger partial charge >= 0.3 is 0 Å². The molecular formula is C12H21N3S. The molecule has 1 aromatic rings. The van der Waals surface area contributed by atoms with Gasteiger partial charge in [-0.05, 0) is 26.0 Å². The first-order valence-electron chi connectivity index (χ1n) is 6.00. The number of thioether (sulfide) groups is 1. The van der Waals surface area contributed by atoms with E-state index in [1.54, 1.807) is 0 Å². The van der Waals surface area contributed by atoms with Crippen LogP contribution >= 0.6 is 11.8 Å². The van der Waals surface area contributed by atoms with Crippen LogP contribution in [0.4, 0.5) is 5.69 Å². The van der Waals surface area contributed by atoms with E-state index in [1.165, 1.54) is 37.1 Å². The minimum atomic E-state index is 0.617. The zero-order chi connectivity index (χ0) is 11.5. The molecule has 3 nitrogen and oxygen atoms in total. The summed E-state index contributed by atoms with van der Waals surface area (Å²) in [5.41, 5.74) is 2.43. The van der Waals surface area contributed by atoms with Gasteiger partial charge in [-0.1, -0.05) is 12.8 Å². The van der Waals surface area contributed by atoms with Crippen LogP contribution < -0.4 is 5.32 Å². The standard InChI is InChI=1S/C12H21N3S/c1-9-11(8-13-15(9)2)14-10-6-4-5-7-12(10)16-3/h8,10,12,14H,4-7H2,1-3H3. The molecule has 1 aliphatic rings. The third-order valence-electron chi connectivity index (χ3n) is 3.58. The predicted octanol–water partition coefficient (Wildman–Crippen LogP) is 2.81. The average molecular weight is 239 g/mol. The fourth-order valence-electron chi connectivity index (χ4n) is 2.38. The molecule has 90 valence electrons. The van der Waals surface area contributed by atoms with Crippen LogP contribution in [0.1, 0.15) is 31.4 Å². The molecule has 0 spiro atoms. The second-order valence-electron chi connectivity index (χ2n) is 4.58. The average Bonchev–Trinajstić information content (AvgIpc) is 2.62. The number of nitrogens with one attached hydrogen (secondary N) is 1. The highest BCUT2D eigenvalue weighted by atomic mass is 32.2. The van der Waals surface area contributed by atoms with Crippen LogP contribution in [0.2, 0.25) is 0 Å². The van der Waals surface area contributed by atoms with Crippen molar-refractivity contribution in [2.75, 3.05) is 11.6 Å². The van der Waals surface area contributed by atoms with Crippen LogP contribution in [-0.2, 0) is 7.05 Å². The van der Waals surface area contributed by atoms with Crippen molar-refractivity contribution in [2.24, 2.45) is 7.05 Å². The maximum Gasteiger partial charge on any atom is 0.0758 e. The molecule has 1 N–H and O–H groups in total. The van der Waals surface area contributed by atoms with Gasteiger partial charge in [-0.3, -0.25) is 4.68 Å². The summed E-state index contributed by atoms with van der Waals surface area (Å²) < 4.78 is 1.93. The van der Waals surface area contributed by atoms with Crippen LogP contribution in [0, 0.1) is 6.92 Å². The van der Waals surface area contributed by atoms with Crippen molar-refractivity contribution < 1.29 is 0 Å². The molecule has 2 unspecified atom stereocenters. The van der Waals surface area contributed by atoms with E-state index in [0.29, 0.717) is 6.04 Å². The maximum absolute atomic E-state index is 4.28. The van der Waals surface area contributed by atoms with Crippen LogP contribution in [-0.4, -0.2) is 27.3 Å². The van der Waals surface area contributed by atoms with Crippen molar-refractivity contribution in [2.45, 2.75) is 43.9 Å². The summed E-state index contributed by atoms with van der Waals surface area (Å²) in [5.74, 6) is 0. The largest absolute Gasteiger partial charge is 0.378 e. The highest BCUT2D eigenvalue weighted by Crippen LogP contribution is 2.30. The van der Waals surface area contributed by atoms with Gasteiger partial charge in [-0.2, -0.15) is 16.9 Å². The van der Waals surface area contributed by atoms with Gasteiger partial charge in [0.25, 0.3) is 0 Å². The Kier molecular flexibility index (Phi) is 3.79. The molecule has 0 saturated heterocycles. The van der Waals surface area contributed by atoms with Gasteiger partial charge in [0.2, 0.25) is 0 Å². The molecule has 16 heavy (non-hydrogen) atoms. The van der Waals surface area contributed by atoms with Crippen molar-refractivity contribution in [3.63, 3.8) is 0 Å². The summed E-state index contributed by atoms with van der Waals surface area (Å²) in [6.07, 6.45) is 9.55. The summed E-state index contributed by atoms with van der Waals surface area (Å²) in [5, 5.41) is 8.70. The molecule has 2 atom stereocenters. The zero-order valence-corrected chi connectivity index (χ0v) is 11.2. The van der Waals surface area contributed by atoms with E-state index in [4.69, 9.17) is 0 Å². The molecule has 1 aromatic heterocycles. The Hall–Kier alpha value is -0.640. The first-order valence-corrected chi connectivity index (χ1v) is 7.29. The number of rotatable bonds is 3. The molecule has 0 aliphatic heterocycles. The van der Waals surface area contributed by atoms with E-state index in [1.807, 2.05) is 29.7 Å². The van der Waals surface area contributed by atoms with E-state index >= 15 is 0 Å². The number of aryl methyl sites for hydroxylation is 1. The molecule has 0 amide bonds. The summed E-state index contributed by atoms with van der Waals surface area (Å²) in [4.78, 5) is 0. The van der Waals surface area contributed by atoms with Gasteiger partial charge in [-0.15, -0.1) is 0 Å². The number of aromatic nitrogens is 2. The van der Waals surface area contributed by atoms with Crippen LogP contribution in [0.15, 0.2) is 6.20 Å². The second kappa shape index (κ2) is 5.13. The van der Waals surface area contributed by atoms with Gasteiger partial charge in [0.1, 0.15) is 0 Å². The van der Waals surface area contributed by atoms with Gasteiger partial charge in [0, 0.05) is 18.3 Å². The molecular weight excluding hydrogens is 218 g/mol. The number of anilines is 1. The number of hydrogen-bond donors (Lipinski definition) is 1. The minimum absolute atomic E-state index is 0.617. The number of nitrogens with zero attached hydrogens (tertiary/aromatic N) is 2. The molecule has 2 rings (SSSR count). The molecule has 0 aromatic carbocycles. The summed E-state index contributed by atoms with van der Waals surface area (Å²) in [6.45, 7) is 2.12. The first kappa shape index (κ1) is 11.8. The lowest BCUT2D eigenvalue weighted by molar-refractivity contribution is 0.475. The Labute approximate surface area is 102 Å². The van der Waals surface area contributed by atoms with Crippen molar-refractivity contribution in [3.05, 3.63) is 11.9 Å². The van der Waals surface area contributed by atoms with Gasteiger partial charge < -0.3 is 5.32 Å². The van der Waals surface area contributed by atoms with Gasteiger partial charge in [0.05, 0.1) is 17.6 Å². The third kappa shape index (κ3) is 2.37. The Morgan fingerprint density at radius 2 is 2.19 bits per heavy atom. The van der Waals surface area contributed by atoms with Crippen molar-refractivity contribution in [1.82, 2.24) is 9.78 Å². The molecule has 1 aliphatic carbocycles. The molecule has 4 heteroatoms. The van der Waals surface area contributed by atoms with Crippen LogP contribution in [0.3, 0.4) is 0 Å². The lowest BCUT2D eigenvalue weighted by Crippen LogP contribution is -2.34. The Balaban J connectivity index is 2.05. The quantitative estimate of drug-likeness (QED) is 0.879. The minimum Gasteiger partial charge on any atom is -0.378 e. The van der Waals surface area contributed by atoms with E-state index in [-0.39, 0.29) is 0 Å². The summed E-state index contributed by atoms with van der Waals surface area (Å²) in [7, 11) is 1.99. The van der Waals surface area contributed by atoms with Crippen molar-refractivity contribution in [1.29, 1.82) is 0 Å². The molecule has 1 saturated carbocycles. The monoisotopic (exact) mass is 239 g/mol. The predicted molar refractivity (Wildman–Crippen MR) is 71.1 cm³/mol. The second-order valence-corrected chi connectivity index (χ2v) is 5.65. The summed E-state index contributed by atoms with van der Waals surface area (Å²) >= 11 is 2.00. The van der Waals surface area contributed by atoms with Gasteiger partial charge in [0.15, 0.2) is 0 Å². The molecule has 1 heterocycles. The van der Waals surface area contributed by atoms with E-state index < -0.39 is 0 Å². The number of hydrogen-bond acceptors (Lipinski definition) is 3. The Morgan fingerprint density at radius 1 is 1.44 bits per heavy atom. The van der Waals surface area contributed by atoms with Crippen LogP contribution in [0.5, 0.6) is 0 Å². The van der Waals surface area contributed by atoms with Gasteiger partial charge in [-0.25, -0.2) is 0 Å². The lowest BCUT2D eigenvalue weighted by Gasteiger charge is -2.31. The highest BCUT2D eigenvalue weighted by molar-refractivity contribution is 7.99. The van der Waals surface area contributed by atoms with E-state index in [9.17, 15) is 0 Å². The summed E-state index contributed by atoms with van der Waals surface area (Å²) in [6, 6.07) is 0.617. The topological polar surface area (TPSA) is 29.9 Å². The highest BCUT2D eigenvalue weighted by Gasteiger charge is 2.24. The van der Waals surface area contributed by atoms with Crippen molar-refractivity contribution in [3.8, 4) is 0 Å². The Bertz CT molecular complexity index is 348.